The van der Waals surface area contributed by atoms with Crippen LogP contribution in [0.2, 0.25) is 0 Å². The van der Waals surface area contributed by atoms with E-state index >= 15 is 0 Å². The molecule has 1 aromatic heterocycles. The van der Waals surface area contributed by atoms with Crippen LogP contribution in [0.3, 0.4) is 0 Å². The van der Waals surface area contributed by atoms with Crippen molar-refractivity contribution in [1.29, 1.82) is 0 Å². The molecule has 1 aromatic carbocycles. The van der Waals surface area contributed by atoms with Crippen LogP contribution in [0.25, 0.3) is 11.5 Å². The summed E-state index contributed by atoms with van der Waals surface area (Å²) < 4.78 is 5.14. The molecular formula is C16H19N3O3. The lowest BCUT2D eigenvalue weighted by Gasteiger charge is -2.27. The summed E-state index contributed by atoms with van der Waals surface area (Å²) in [5.41, 5.74) is 1.25. The number of carbonyl (C=O) groups excluding carboxylic acids is 1. The fourth-order valence-electron chi connectivity index (χ4n) is 2.84. The zero-order valence-corrected chi connectivity index (χ0v) is 12.2. The van der Waals surface area contributed by atoms with Gasteiger partial charge >= 0.3 is 0 Å². The minimum Gasteiger partial charge on any atom is -0.423 e. The lowest BCUT2D eigenvalue weighted by molar-refractivity contribution is 0.0663. The zero-order chi connectivity index (χ0) is 15.4. The summed E-state index contributed by atoms with van der Waals surface area (Å²) in [4.78, 5) is 12.3. The van der Waals surface area contributed by atoms with Crippen molar-refractivity contribution in [3.63, 3.8) is 0 Å². The van der Waals surface area contributed by atoms with Gasteiger partial charge in [0.25, 0.3) is 5.91 Å². The summed E-state index contributed by atoms with van der Waals surface area (Å²) >= 11 is 0. The minimum atomic E-state index is -0.307. The molecule has 6 nitrogen and oxygen atoms in total. The Kier molecular flexibility index (Phi) is 4.48. The molecule has 2 N–H and O–H groups in total. The number of amides is 1. The summed E-state index contributed by atoms with van der Waals surface area (Å²) in [6.07, 6.45) is 4.92. The number of aliphatic hydroxyl groups excluding tert-OH is 1. The van der Waals surface area contributed by atoms with E-state index in [1.54, 1.807) is 18.2 Å². The predicted octanol–water partition coefficient (Wildman–Crippen LogP) is 2.02. The summed E-state index contributed by atoms with van der Waals surface area (Å²) in [6.45, 7) is 0.505. The van der Waals surface area contributed by atoms with E-state index in [1.807, 2.05) is 6.07 Å². The van der Waals surface area contributed by atoms with E-state index in [9.17, 15) is 9.90 Å². The molecule has 1 amide bonds. The molecule has 2 unspecified atom stereocenters. The smallest absolute Gasteiger partial charge is 0.251 e. The third-order valence-corrected chi connectivity index (χ3v) is 4.13. The van der Waals surface area contributed by atoms with Gasteiger partial charge in [0.15, 0.2) is 0 Å². The first-order valence-electron chi connectivity index (χ1n) is 7.57. The van der Waals surface area contributed by atoms with Gasteiger partial charge in [-0.05, 0) is 31.0 Å². The van der Waals surface area contributed by atoms with Gasteiger partial charge in [-0.3, -0.25) is 4.79 Å². The van der Waals surface area contributed by atoms with E-state index < -0.39 is 0 Å². The molecule has 0 aliphatic heterocycles. The molecule has 22 heavy (non-hydrogen) atoms. The molecule has 2 aromatic rings. The van der Waals surface area contributed by atoms with Gasteiger partial charge in [0.1, 0.15) is 0 Å². The van der Waals surface area contributed by atoms with Gasteiger partial charge in [-0.1, -0.05) is 18.9 Å². The summed E-state index contributed by atoms with van der Waals surface area (Å²) in [5.74, 6) is 0.383. The molecule has 1 aliphatic carbocycles. The molecule has 0 radical (unpaired) electrons. The minimum absolute atomic E-state index is 0.150. The maximum absolute atomic E-state index is 12.3. The molecule has 2 atom stereocenters. The van der Waals surface area contributed by atoms with Crippen LogP contribution in [0, 0.1) is 5.92 Å². The van der Waals surface area contributed by atoms with Crippen molar-refractivity contribution in [2.45, 2.75) is 31.8 Å². The van der Waals surface area contributed by atoms with Crippen LogP contribution in [0.15, 0.2) is 35.1 Å². The Morgan fingerprint density at radius 1 is 1.36 bits per heavy atom. The second kappa shape index (κ2) is 6.70. The van der Waals surface area contributed by atoms with E-state index in [-0.39, 0.29) is 17.9 Å². The fraction of sp³-hybridized carbons (Fsp3) is 0.438. The fourth-order valence-corrected chi connectivity index (χ4v) is 2.84. The molecule has 1 heterocycles. The second-order valence-electron chi connectivity index (χ2n) is 5.65. The highest BCUT2D eigenvalue weighted by molar-refractivity contribution is 5.95. The Morgan fingerprint density at radius 3 is 3.00 bits per heavy atom. The van der Waals surface area contributed by atoms with Crippen molar-refractivity contribution in [2.75, 3.05) is 6.54 Å². The average Bonchev–Trinajstić information content (AvgIpc) is 3.08. The topological polar surface area (TPSA) is 88.2 Å². The van der Waals surface area contributed by atoms with Crippen molar-refractivity contribution in [3.8, 4) is 11.5 Å². The van der Waals surface area contributed by atoms with Crippen LogP contribution in [0.1, 0.15) is 36.0 Å². The number of rotatable bonds is 4. The molecule has 0 spiro atoms. The number of aromatic nitrogens is 2. The number of hydrogen-bond donors (Lipinski definition) is 2. The standard InChI is InChI=1S/C16H19N3O3/c20-14-7-2-1-4-13(14)9-17-15(21)11-5-3-6-12(8-11)16-19-18-10-22-16/h3,5-6,8,10,13-14,20H,1-2,4,7,9H2,(H,17,21). The molecule has 0 bridgehead atoms. The lowest BCUT2D eigenvalue weighted by atomic mass is 9.86. The summed E-state index contributed by atoms with van der Waals surface area (Å²) in [6, 6.07) is 7.06. The predicted molar refractivity (Wildman–Crippen MR) is 80.0 cm³/mol. The van der Waals surface area contributed by atoms with E-state index in [2.05, 4.69) is 15.5 Å². The molecule has 1 fully saturated rings. The molecule has 116 valence electrons. The Labute approximate surface area is 128 Å². The second-order valence-corrected chi connectivity index (χ2v) is 5.65. The molecule has 1 saturated carbocycles. The van der Waals surface area contributed by atoms with Crippen molar-refractivity contribution in [1.82, 2.24) is 15.5 Å². The van der Waals surface area contributed by atoms with Crippen LogP contribution < -0.4 is 5.32 Å². The van der Waals surface area contributed by atoms with Crippen LogP contribution in [0.4, 0.5) is 0 Å². The zero-order valence-electron chi connectivity index (χ0n) is 12.2. The van der Waals surface area contributed by atoms with Gasteiger partial charge in [0, 0.05) is 23.6 Å². The lowest BCUT2D eigenvalue weighted by Crippen LogP contribution is -2.36. The Hall–Kier alpha value is -2.21. The third-order valence-electron chi connectivity index (χ3n) is 4.13. The Bertz CT molecular complexity index is 627. The number of nitrogens with one attached hydrogen (secondary N) is 1. The SMILES string of the molecule is O=C(NCC1CCCCC1O)c1cccc(-c2nnco2)c1. The van der Waals surface area contributed by atoms with Gasteiger partial charge in [0.2, 0.25) is 12.3 Å². The first kappa shape index (κ1) is 14.7. The van der Waals surface area contributed by atoms with Gasteiger partial charge < -0.3 is 14.8 Å². The third kappa shape index (κ3) is 3.33. The number of nitrogens with zero attached hydrogens (tertiary/aromatic N) is 2. The van der Waals surface area contributed by atoms with Crippen molar-refractivity contribution in [2.24, 2.45) is 5.92 Å². The Balaban J connectivity index is 1.64. The van der Waals surface area contributed by atoms with Gasteiger partial charge in [-0.25, -0.2) is 0 Å². The van der Waals surface area contributed by atoms with Crippen molar-refractivity contribution in [3.05, 3.63) is 36.2 Å². The van der Waals surface area contributed by atoms with E-state index in [4.69, 9.17) is 4.42 Å². The monoisotopic (exact) mass is 301 g/mol. The maximum atomic E-state index is 12.3. The van der Waals surface area contributed by atoms with Gasteiger partial charge in [-0.2, -0.15) is 0 Å². The molecule has 3 rings (SSSR count). The van der Waals surface area contributed by atoms with Crippen molar-refractivity contribution >= 4 is 5.91 Å². The largest absolute Gasteiger partial charge is 0.423 e. The number of hydrogen-bond acceptors (Lipinski definition) is 5. The van der Waals surface area contributed by atoms with Gasteiger partial charge in [0.05, 0.1) is 6.10 Å². The average molecular weight is 301 g/mol. The molecular weight excluding hydrogens is 282 g/mol. The Morgan fingerprint density at radius 2 is 2.23 bits per heavy atom. The van der Waals surface area contributed by atoms with E-state index in [0.29, 0.717) is 23.6 Å². The van der Waals surface area contributed by atoms with Crippen LogP contribution in [-0.2, 0) is 0 Å². The number of benzene rings is 1. The highest BCUT2D eigenvalue weighted by Gasteiger charge is 2.23. The van der Waals surface area contributed by atoms with Crippen LogP contribution in [0.5, 0.6) is 0 Å². The maximum Gasteiger partial charge on any atom is 0.251 e. The van der Waals surface area contributed by atoms with E-state index in [0.717, 1.165) is 25.7 Å². The number of carbonyl (C=O) groups is 1. The van der Waals surface area contributed by atoms with Crippen LogP contribution >= 0.6 is 0 Å². The van der Waals surface area contributed by atoms with Gasteiger partial charge in [-0.15, -0.1) is 10.2 Å². The first-order valence-corrected chi connectivity index (χ1v) is 7.57. The quantitative estimate of drug-likeness (QED) is 0.902. The summed E-state index contributed by atoms with van der Waals surface area (Å²) in [7, 11) is 0. The van der Waals surface area contributed by atoms with Crippen molar-refractivity contribution < 1.29 is 14.3 Å². The highest BCUT2D eigenvalue weighted by atomic mass is 16.4. The molecule has 1 aliphatic rings. The summed E-state index contributed by atoms with van der Waals surface area (Å²) in [5, 5.41) is 20.3. The molecule has 6 heteroatoms. The highest BCUT2D eigenvalue weighted by Crippen LogP contribution is 2.24. The van der Waals surface area contributed by atoms with E-state index in [1.165, 1.54) is 6.39 Å². The first-order chi connectivity index (χ1) is 10.7. The molecule has 0 saturated heterocycles. The number of aliphatic hydroxyl groups is 1. The van der Waals surface area contributed by atoms with Crippen LogP contribution in [-0.4, -0.2) is 33.9 Å². The normalized spacial score (nSPS) is 21.5.